The second-order valence-corrected chi connectivity index (χ2v) is 4.06. The van der Waals surface area contributed by atoms with E-state index >= 15 is 0 Å². The summed E-state index contributed by atoms with van der Waals surface area (Å²) in [5.74, 6) is 0.492. The van der Waals surface area contributed by atoms with Gasteiger partial charge in [-0.3, -0.25) is 0 Å². The molecule has 1 aromatic carbocycles. The van der Waals surface area contributed by atoms with Crippen molar-refractivity contribution >= 4 is 22.5 Å². The summed E-state index contributed by atoms with van der Waals surface area (Å²) in [7, 11) is 0. The second-order valence-electron chi connectivity index (χ2n) is 3.71. The molecule has 1 aromatic heterocycles. The van der Waals surface area contributed by atoms with Crippen LogP contribution in [-0.4, -0.2) is 16.1 Å². The molecule has 0 aliphatic rings. The monoisotopic (exact) mass is 260 g/mol. The largest absolute Gasteiger partial charge is 0.393 e. The van der Waals surface area contributed by atoms with Crippen LogP contribution in [0.2, 0.25) is 5.15 Å². The summed E-state index contributed by atoms with van der Waals surface area (Å²) < 4.78 is 36.7. The normalized spacial score (nSPS) is 12.1. The van der Waals surface area contributed by atoms with Crippen LogP contribution in [0.15, 0.2) is 18.2 Å². The molecule has 0 saturated carbocycles. The third-order valence-electron chi connectivity index (χ3n) is 2.23. The highest BCUT2D eigenvalue weighted by Crippen LogP contribution is 2.26. The zero-order chi connectivity index (χ0) is 12.6. The smallest absolute Gasteiger partial charge is 0.233 e. The maximum atomic E-state index is 12.2. The lowest BCUT2D eigenvalue weighted by Crippen LogP contribution is -2.11. The summed E-state index contributed by atoms with van der Waals surface area (Å²) >= 11 is 5.87. The van der Waals surface area contributed by atoms with Gasteiger partial charge in [0.1, 0.15) is 11.0 Å². The Morgan fingerprint density at radius 1 is 1.24 bits per heavy atom. The Labute approximate surface area is 100 Å². The molecule has 0 bridgehead atoms. The fourth-order valence-corrected chi connectivity index (χ4v) is 1.86. The molecule has 0 amide bonds. The molecule has 2 rings (SSSR count). The van der Waals surface area contributed by atoms with Crippen LogP contribution >= 0.6 is 11.6 Å². The number of fused-ring (bicyclic) bond motifs is 1. The lowest BCUT2D eigenvalue weighted by molar-refractivity contribution is -0.127. The maximum absolute atomic E-state index is 12.2. The molecular formula is C11H8ClF3N2. The Bertz CT molecular complexity index is 566. The average molecular weight is 261 g/mol. The van der Waals surface area contributed by atoms with Crippen LogP contribution in [-0.2, 0) is 6.42 Å². The lowest BCUT2D eigenvalue weighted by Gasteiger charge is -2.08. The number of hydrogen-bond acceptors (Lipinski definition) is 2. The van der Waals surface area contributed by atoms with Crippen LogP contribution in [0.4, 0.5) is 13.2 Å². The molecule has 0 radical (unpaired) electrons. The van der Waals surface area contributed by atoms with Gasteiger partial charge in [0.25, 0.3) is 0 Å². The molecule has 0 spiro atoms. The third-order valence-corrected chi connectivity index (χ3v) is 2.52. The van der Waals surface area contributed by atoms with Gasteiger partial charge < -0.3 is 0 Å². The number of aryl methyl sites for hydroxylation is 1. The topological polar surface area (TPSA) is 25.8 Å². The van der Waals surface area contributed by atoms with Gasteiger partial charge in [0.15, 0.2) is 0 Å². The number of halogens is 4. The molecule has 0 unspecified atom stereocenters. The molecule has 0 fully saturated rings. The Hall–Kier alpha value is -1.36. The minimum Gasteiger partial charge on any atom is -0.233 e. The molecule has 17 heavy (non-hydrogen) atoms. The summed E-state index contributed by atoms with van der Waals surface area (Å²) in [4.78, 5) is 8.01. The maximum Gasteiger partial charge on any atom is 0.393 e. The first kappa shape index (κ1) is 12.1. The van der Waals surface area contributed by atoms with Gasteiger partial charge in [-0.1, -0.05) is 17.7 Å². The van der Waals surface area contributed by atoms with E-state index in [1.807, 2.05) is 0 Å². The molecule has 1 heterocycles. The van der Waals surface area contributed by atoms with Crippen molar-refractivity contribution in [3.8, 4) is 0 Å². The molecule has 0 aliphatic heterocycles. The predicted molar refractivity (Wildman–Crippen MR) is 59.0 cm³/mol. The van der Waals surface area contributed by atoms with Crippen LogP contribution < -0.4 is 0 Å². The standard InChI is InChI=1S/C11H8ClF3N2/c1-6-16-9-3-2-7(5-11(13,14)15)4-8(9)10(12)17-6/h2-4H,5H2,1H3. The van der Waals surface area contributed by atoms with E-state index in [2.05, 4.69) is 9.97 Å². The van der Waals surface area contributed by atoms with Crippen molar-refractivity contribution in [3.05, 3.63) is 34.7 Å². The van der Waals surface area contributed by atoms with Gasteiger partial charge in [0, 0.05) is 5.39 Å². The summed E-state index contributed by atoms with van der Waals surface area (Å²) in [6, 6.07) is 4.31. The highest BCUT2D eigenvalue weighted by molar-refractivity contribution is 6.34. The Balaban J connectivity index is 2.51. The number of aromatic nitrogens is 2. The molecule has 2 nitrogen and oxygen atoms in total. The van der Waals surface area contributed by atoms with Crippen LogP contribution in [0, 0.1) is 6.92 Å². The molecule has 0 atom stereocenters. The fourth-order valence-electron chi connectivity index (χ4n) is 1.59. The highest BCUT2D eigenvalue weighted by atomic mass is 35.5. The summed E-state index contributed by atoms with van der Waals surface area (Å²) in [6.45, 7) is 1.68. The van der Waals surface area contributed by atoms with Crippen molar-refractivity contribution < 1.29 is 13.2 Å². The van der Waals surface area contributed by atoms with Crippen molar-refractivity contribution in [2.24, 2.45) is 0 Å². The zero-order valence-corrected chi connectivity index (χ0v) is 9.60. The quantitative estimate of drug-likeness (QED) is 0.731. The third kappa shape index (κ3) is 2.85. The first-order chi connectivity index (χ1) is 7.85. The molecular weight excluding hydrogens is 253 g/mol. The summed E-state index contributed by atoms with van der Waals surface area (Å²) in [5, 5.41) is 0.621. The van der Waals surface area contributed by atoms with E-state index in [9.17, 15) is 13.2 Å². The van der Waals surface area contributed by atoms with E-state index in [-0.39, 0.29) is 10.7 Å². The first-order valence-electron chi connectivity index (χ1n) is 4.85. The number of benzene rings is 1. The zero-order valence-electron chi connectivity index (χ0n) is 8.85. The molecule has 2 aromatic rings. The molecule has 0 saturated heterocycles. The average Bonchev–Trinajstić information content (AvgIpc) is 2.16. The van der Waals surface area contributed by atoms with Crippen molar-refractivity contribution in [3.63, 3.8) is 0 Å². The van der Waals surface area contributed by atoms with Crippen molar-refractivity contribution in [1.29, 1.82) is 0 Å². The second kappa shape index (κ2) is 4.14. The van der Waals surface area contributed by atoms with E-state index < -0.39 is 12.6 Å². The fraction of sp³-hybridized carbons (Fsp3) is 0.273. The Morgan fingerprint density at radius 2 is 1.94 bits per heavy atom. The van der Waals surface area contributed by atoms with Gasteiger partial charge in [-0.25, -0.2) is 9.97 Å². The van der Waals surface area contributed by atoms with Crippen LogP contribution in [0.25, 0.3) is 10.9 Å². The van der Waals surface area contributed by atoms with Gasteiger partial charge >= 0.3 is 6.18 Å². The van der Waals surface area contributed by atoms with E-state index in [1.54, 1.807) is 6.92 Å². The summed E-state index contributed by atoms with van der Waals surface area (Å²) in [6.07, 6.45) is -5.21. The van der Waals surface area contributed by atoms with Gasteiger partial charge in [0.2, 0.25) is 0 Å². The number of alkyl halides is 3. The molecule has 6 heteroatoms. The highest BCUT2D eigenvalue weighted by Gasteiger charge is 2.27. The SMILES string of the molecule is Cc1nc(Cl)c2cc(CC(F)(F)F)ccc2n1. The van der Waals surface area contributed by atoms with Gasteiger partial charge in [-0.05, 0) is 24.6 Å². The van der Waals surface area contributed by atoms with Crippen molar-refractivity contribution in [2.45, 2.75) is 19.5 Å². The van der Waals surface area contributed by atoms with Gasteiger partial charge in [0.05, 0.1) is 11.9 Å². The van der Waals surface area contributed by atoms with E-state index in [0.29, 0.717) is 16.7 Å². The number of rotatable bonds is 1. The molecule has 0 N–H and O–H groups in total. The van der Waals surface area contributed by atoms with E-state index in [0.717, 1.165) is 0 Å². The predicted octanol–water partition coefficient (Wildman–Crippen LogP) is 3.70. The van der Waals surface area contributed by atoms with Crippen LogP contribution in [0.1, 0.15) is 11.4 Å². The minimum atomic E-state index is -4.23. The number of nitrogens with zero attached hydrogens (tertiary/aromatic N) is 2. The minimum absolute atomic E-state index is 0.152. The Morgan fingerprint density at radius 3 is 2.59 bits per heavy atom. The molecule has 90 valence electrons. The lowest BCUT2D eigenvalue weighted by atomic mass is 10.1. The van der Waals surface area contributed by atoms with Crippen molar-refractivity contribution in [2.75, 3.05) is 0 Å². The van der Waals surface area contributed by atoms with Crippen molar-refractivity contribution in [1.82, 2.24) is 9.97 Å². The Kier molecular flexibility index (Phi) is 2.95. The first-order valence-corrected chi connectivity index (χ1v) is 5.22. The van der Waals surface area contributed by atoms with E-state index in [4.69, 9.17) is 11.6 Å². The number of hydrogen-bond donors (Lipinski definition) is 0. The van der Waals surface area contributed by atoms with Crippen LogP contribution in [0.5, 0.6) is 0 Å². The molecule has 0 aliphatic carbocycles. The van der Waals surface area contributed by atoms with Gasteiger partial charge in [-0.2, -0.15) is 13.2 Å². The van der Waals surface area contributed by atoms with Gasteiger partial charge in [-0.15, -0.1) is 0 Å². The van der Waals surface area contributed by atoms with Crippen LogP contribution in [0.3, 0.4) is 0 Å². The van der Waals surface area contributed by atoms with E-state index in [1.165, 1.54) is 18.2 Å². The summed E-state index contributed by atoms with van der Waals surface area (Å²) in [5.41, 5.74) is 0.702.